The molecule has 0 aliphatic rings. The highest BCUT2D eigenvalue weighted by atomic mass is 32.2. The number of alkyl halides is 2. The third-order valence-corrected chi connectivity index (χ3v) is 4.14. The van der Waals surface area contributed by atoms with Crippen molar-refractivity contribution in [3.8, 4) is 17.4 Å². The molecule has 0 saturated heterocycles. The van der Waals surface area contributed by atoms with Crippen LogP contribution < -0.4 is 14.8 Å². The molecule has 1 N–H and O–H groups in total. The number of amides is 1. The molecule has 28 heavy (non-hydrogen) atoms. The first-order chi connectivity index (χ1) is 13.6. The van der Waals surface area contributed by atoms with Crippen LogP contribution in [0.1, 0.15) is 0 Å². The zero-order valence-corrected chi connectivity index (χ0v) is 15.4. The molecule has 1 aromatic heterocycles. The Hall–Kier alpha value is -3.13. The van der Waals surface area contributed by atoms with E-state index in [0.29, 0.717) is 39.7 Å². The molecule has 0 bridgehead atoms. The maximum atomic E-state index is 12.3. The van der Waals surface area contributed by atoms with Gasteiger partial charge in [-0.25, -0.2) is 4.98 Å². The fraction of sp³-hybridized carbons (Fsp3) is 0.100. The second kappa shape index (κ2) is 9.70. The van der Waals surface area contributed by atoms with Crippen LogP contribution in [0.5, 0.6) is 17.4 Å². The molecular formula is C20H16F2N2O3S. The molecule has 3 aromatic rings. The van der Waals surface area contributed by atoms with Gasteiger partial charge in [0.15, 0.2) is 6.61 Å². The Morgan fingerprint density at radius 1 is 1.00 bits per heavy atom. The molecule has 0 saturated carbocycles. The molecule has 0 radical (unpaired) electrons. The van der Waals surface area contributed by atoms with E-state index in [2.05, 4.69) is 10.3 Å². The van der Waals surface area contributed by atoms with E-state index in [1.807, 2.05) is 6.07 Å². The number of nitrogens with one attached hydrogen (secondary N) is 1. The number of hydrogen-bond donors (Lipinski definition) is 1. The van der Waals surface area contributed by atoms with Gasteiger partial charge in [-0.1, -0.05) is 17.8 Å². The second-order valence-electron chi connectivity index (χ2n) is 5.48. The van der Waals surface area contributed by atoms with E-state index < -0.39 is 5.76 Å². The normalized spacial score (nSPS) is 10.5. The minimum Gasteiger partial charge on any atom is -0.484 e. The highest BCUT2D eigenvalue weighted by molar-refractivity contribution is 7.99. The van der Waals surface area contributed by atoms with Gasteiger partial charge in [-0.15, -0.1) is 0 Å². The number of anilines is 1. The lowest BCUT2D eigenvalue weighted by molar-refractivity contribution is -0.118. The van der Waals surface area contributed by atoms with E-state index in [-0.39, 0.29) is 12.5 Å². The van der Waals surface area contributed by atoms with E-state index in [1.54, 1.807) is 54.7 Å². The molecule has 0 aliphatic carbocycles. The summed E-state index contributed by atoms with van der Waals surface area (Å²) in [5, 5.41) is 2.64. The van der Waals surface area contributed by atoms with Crippen LogP contribution in [0.3, 0.4) is 0 Å². The highest BCUT2D eigenvalue weighted by Crippen LogP contribution is 2.26. The van der Waals surface area contributed by atoms with E-state index in [9.17, 15) is 13.6 Å². The minimum absolute atomic E-state index is 0.187. The Morgan fingerprint density at radius 2 is 1.71 bits per heavy atom. The van der Waals surface area contributed by atoms with Crippen molar-refractivity contribution in [3.63, 3.8) is 0 Å². The van der Waals surface area contributed by atoms with Crippen LogP contribution in [0.25, 0.3) is 0 Å². The number of carbonyl (C=O) groups is 1. The average molecular weight is 402 g/mol. The van der Waals surface area contributed by atoms with Crippen LogP contribution in [-0.4, -0.2) is 23.3 Å². The number of aromatic nitrogens is 1. The first-order valence-electron chi connectivity index (χ1n) is 8.25. The number of carbonyl (C=O) groups excluding carboxylic acids is 1. The number of nitrogens with zero attached hydrogens (tertiary/aromatic N) is 1. The second-order valence-corrected chi connectivity index (χ2v) is 6.54. The third-order valence-electron chi connectivity index (χ3n) is 3.42. The van der Waals surface area contributed by atoms with Crippen molar-refractivity contribution in [3.05, 3.63) is 72.9 Å². The molecule has 144 valence electrons. The van der Waals surface area contributed by atoms with Crippen LogP contribution in [0.15, 0.2) is 77.8 Å². The van der Waals surface area contributed by atoms with Crippen LogP contribution in [-0.2, 0) is 4.79 Å². The number of benzene rings is 2. The molecule has 0 spiro atoms. The largest absolute Gasteiger partial charge is 0.484 e. The van der Waals surface area contributed by atoms with Gasteiger partial charge in [0.2, 0.25) is 5.88 Å². The Morgan fingerprint density at radius 3 is 2.36 bits per heavy atom. The monoisotopic (exact) mass is 402 g/mol. The van der Waals surface area contributed by atoms with Gasteiger partial charge in [-0.2, -0.15) is 8.78 Å². The van der Waals surface area contributed by atoms with Gasteiger partial charge in [0.1, 0.15) is 11.5 Å². The maximum Gasteiger partial charge on any atom is 0.288 e. The van der Waals surface area contributed by atoms with Crippen molar-refractivity contribution in [2.45, 2.75) is 10.7 Å². The Labute approximate surface area is 164 Å². The maximum absolute atomic E-state index is 12.3. The zero-order chi connectivity index (χ0) is 19.8. The molecule has 0 fully saturated rings. The number of pyridine rings is 1. The van der Waals surface area contributed by atoms with Crippen molar-refractivity contribution < 1.29 is 23.0 Å². The van der Waals surface area contributed by atoms with Crippen molar-refractivity contribution in [1.82, 2.24) is 4.98 Å². The number of hydrogen-bond acceptors (Lipinski definition) is 5. The van der Waals surface area contributed by atoms with Crippen LogP contribution >= 0.6 is 11.8 Å². The molecule has 8 heteroatoms. The summed E-state index contributed by atoms with van der Waals surface area (Å²) in [7, 11) is 0. The summed E-state index contributed by atoms with van der Waals surface area (Å²) < 4.78 is 35.6. The summed E-state index contributed by atoms with van der Waals surface area (Å²) >= 11 is 0.450. The van der Waals surface area contributed by atoms with Gasteiger partial charge in [0, 0.05) is 22.8 Å². The number of halogens is 2. The van der Waals surface area contributed by atoms with Crippen molar-refractivity contribution >= 4 is 23.4 Å². The average Bonchev–Trinajstić information content (AvgIpc) is 2.69. The summed E-state index contributed by atoms with van der Waals surface area (Å²) in [5.41, 5.74) is 0.506. The molecular weight excluding hydrogens is 386 g/mol. The summed E-state index contributed by atoms with van der Waals surface area (Å²) in [6, 6.07) is 18.3. The van der Waals surface area contributed by atoms with E-state index in [4.69, 9.17) is 9.47 Å². The Balaban J connectivity index is 1.46. The molecule has 0 aliphatic heterocycles. The van der Waals surface area contributed by atoms with Gasteiger partial charge >= 0.3 is 0 Å². The van der Waals surface area contributed by atoms with Crippen LogP contribution in [0.2, 0.25) is 0 Å². The summed E-state index contributed by atoms with van der Waals surface area (Å²) in [4.78, 5) is 16.5. The quantitative estimate of drug-likeness (QED) is 0.525. The zero-order valence-electron chi connectivity index (χ0n) is 14.5. The Kier molecular flexibility index (Phi) is 6.80. The first kappa shape index (κ1) is 19.6. The predicted octanol–water partition coefficient (Wildman–Crippen LogP) is 5.21. The standard InChI is InChI=1S/C20H16F2N2O3S/c21-20(22)28-17-10-4-14(5-11-17)24-18(25)13-26-15-6-8-16(9-7-15)27-19-3-1-2-12-23-19/h1-12,20H,13H2,(H,24,25). The smallest absolute Gasteiger partial charge is 0.288 e. The minimum atomic E-state index is -2.48. The molecule has 2 aromatic carbocycles. The molecule has 1 amide bonds. The molecule has 0 unspecified atom stereocenters. The van der Waals surface area contributed by atoms with Gasteiger partial charge in [0.25, 0.3) is 11.7 Å². The Bertz CT molecular complexity index is 892. The van der Waals surface area contributed by atoms with Gasteiger partial charge in [-0.3, -0.25) is 4.79 Å². The van der Waals surface area contributed by atoms with E-state index in [1.165, 1.54) is 12.1 Å². The van der Waals surface area contributed by atoms with E-state index in [0.717, 1.165) is 0 Å². The fourth-order valence-electron chi connectivity index (χ4n) is 2.20. The molecule has 1 heterocycles. The highest BCUT2D eigenvalue weighted by Gasteiger charge is 2.07. The lowest BCUT2D eigenvalue weighted by atomic mass is 10.3. The van der Waals surface area contributed by atoms with Crippen molar-refractivity contribution in [1.29, 1.82) is 0 Å². The fourth-order valence-corrected chi connectivity index (χ4v) is 2.70. The number of thioether (sulfide) groups is 1. The SMILES string of the molecule is O=C(COc1ccc(Oc2ccccn2)cc1)Nc1ccc(SC(F)F)cc1. The number of rotatable bonds is 8. The van der Waals surface area contributed by atoms with Crippen LogP contribution in [0.4, 0.5) is 14.5 Å². The predicted molar refractivity (Wildman–Crippen MR) is 103 cm³/mol. The van der Waals surface area contributed by atoms with E-state index >= 15 is 0 Å². The van der Waals surface area contributed by atoms with Gasteiger partial charge in [0.05, 0.1) is 0 Å². The van der Waals surface area contributed by atoms with Gasteiger partial charge < -0.3 is 14.8 Å². The summed E-state index contributed by atoms with van der Waals surface area (Å²) in [6.07, 6.45) is 1.64. The lowest BCUT2D eigenvalue weighted by Crippen LogP contribution is -2.20. The third kappa shape index (κ3) is 6.24. The summed E-state index contributed by atoms with van der Waals surface area (Å²) in [5.74, 6) is -1.25. The number of ether oxygens (including phenoxy) is 2. The van der Waals surface area contributed by atoms with Crippen molar-refractivity contribution in [2.75, 3.05) is 11.9 Å². The molecule has 0 atom stereocenters. The van der Waals surface area contributed by atoms with Crippen molar-refractivity contribution in [2.24, 2.45) is 0 Å². The summed E-state index contributed by atoms with van der Waals surface area (Å²) in [6.45, 7) is -0.187. The first-order valence-corrected chi connectivity index (χ1v) is 9.13. The molecule has 5 nitrogen and oxygen atoms in total. The van der Waals surface area contributed by atoms with Gasteiger partial charge in [-0.05, 0) is 54.6 Å². The molecule has 3 rings (SSSR count). The lowest BCUT2D eigenvalue weighted by Gasteiger charge is -2.09. The van der Waals surface area contributed by atoms with Crippen LogP contribution in [0, 0.1) is 0 Å². The topological polar surface area (TPSA) is 60.5 Å².